The van der Waals surface area contributed by atoms with Crippen LogP contribution in [0.4, 0.5) is 22.0 Å². The number of aromatic nitrogens is 4. The van der Waals surface area contributed by atoms with Crippen molar-refractivity contribution in [3.05, 3.63) is 48.8 Å². The van der Waals surface area contributed by atoms with Crippen LogP contribution in [0.25, 0.3) is 11.5 Å². The lowest BCUT2D eigenvalue weighted by Gasteiger charge is -2.19. The van der Waals surface area contributed by atoms with Gasteiger partial charge in [-0.25, -0.2) is 9.78 Å². The summed E-state index contributed by atoms with van der Waals surface area (Å²) in [6.07, 6.45) is 3.90. The summed E-state index contributed by atoms with van der Waals surface area (Å²) in [5, 5.41) is 20.9. The largest absolute Gasteiger partial charge is 0.370 e. The molecule has 1 aliphatic heterocycles. The number of urea groups is 1. The Balaban J connectivity index is 1.31. The molecule has 2 aliphatic rings. The number of nitrogens with zero attached hydrogens (tertiary/aromatic N) is 7. The molecule has 33 heavy (non-hydrogen) atoms. The van der Waals surface area contributed by atoms with Gasteiger partial charge in [0.05, 0.1) is 6.07 Å². The molecule has 2 aromatic heterocycles. The summed E-state index contributed by atoms with van der Waals surface area (Å²) in [5.41, 5.74) is 2.40. The first-order valence-electron chi connectivity index (χ1n) is 11.3. The van der Waals surface area contributed by atoms with Gasteiger partial charge < -0.3 is 9.88 Å². The molecule has 1 N–H and O–H groups in total. The van der Waals surface area contributed by atoms with Gasteiger partial charge in [0.25, 0.3) is 0 Å². The lowest BCUT2D eigenvalue weighted by atomic mass is 10.2. The van der Waals surface area contributed by atoms with Crippen LogP contribution in [0.1, 0.15) is 32.7 Å². The van der Waals surface area contributed by atoms with Crippen LogP contribution in [0.15, 0.2) is 48.8 Å². The fraction of sp³-hybridized carbons (Fsp3) is 0.375. The molecule has 168 valence electrons. The van der Waals surface area contributed by atoms with E-state index in [4.69, 9.17) is 4.98 Å². The Kier molecular flexibility index (Phi) is 5.42. The van der Waals surface area contributed by atoms with E-state index in [9.17, 15) is 10.1 Å². The minimum absolute atomic E-state index is 0.112. The van der Waals surface area contributed by atoms with Crippen LogP contribution in [0.5, 0.6) is 0 Å². The van der Waals surface area contributed by atoms with Crippen molar-refractivity contribution < 1.29 is 4.79 Å². The van der Waals surface area contributed by atoms with Crippen molar-refractivity contribution >= 4 is 23.2 Å². The summed E-state index contributed by atoms with van der Waals surface area (Å²) >= 11 is 0. The van der Waals surface area contributed by atoms with Crippen molar-refractivity contribution in [2.24, 2.45) is 5.92 Å². The molecule has 3 aromatic rings. The van der Waals surface area contributed by atoms with Gasteiger partial charge in [-0.15, -0.1) is 10.2 Å². The van der Waals surface area contributed by atoms with E-state index in [1.165, 1.54) is 0 Å². The highest BCUT2D eigenvalue weighted by atomic mass is 16.2. The second-order valence-corrected chi connectivity index (χ2v) is 8.76. The maximum Gasteiger partial charge on any atom is 0.330 e. The molecular formula is C24H26N8O. The topological polar surface area (TPSA) is 103 Å². The number of rotatable bonds is 7. The molecular weight excluding hydrogens is 416 g/mol. The lowest BCUT2D eigenvalue weighted by Crippen LogP contribution is -2.32. The highest BCUT2D eigenvalue weighted by molar-refractivity contribution is 6.05. The second kappa shape index (κ2) is 8.54. The maximum absolute atomic E-state index is 13.2. The molecule has 1 unspecified atom stereocenters. The second-order valence-electron chi connectivity index (χ2n) is 8.76. The average molecular weight is 443 g/mol. The number of pyridine rings is 1. The van der Waals surface area contributed by atoms with E-state index in [1.54, 1.807) is 16.1 Å². The van der Waals surface area contributed by atoms with Crippen molar-refractivity contribution in [3.63, 3.8) is 0 Å². The van der Waals surface area contributed by atoms with Gasteiger partial charge in [-0.1, -0.05) is 6.07 Å². The highest BCUT2D eigenvalue weighted by Gasteiger charge is 2.33. The molecule has 5 rings (SSSR count). The van der Waals surface area contributed by atoms with Crippen molar-refractivity contribution in [2.45, 2.75) is 38.8 Å². The third-order valence-corrected chi connectivity index (χ3v) is 6.11. The predicted molar refractivity (Wildman–Crippen MR) is 126 cm³/mol. The van der Waals surface area contributed by atoms with Crippen LogP contribution in [-0.4, -0.2) is 44.9 Å². The minimum atomic E-state index is -0.153. The van der Waals surface area contributed by atoms with Crippen LogP contribution in [0.2, 0.25) is 0 Å². The zero-order chi connectivity index (χ0) is 22.9. The Hall–Kier alpha value is -3.93. The molecule has 1 aliphatic carbocycles. The molecule has 9 nitrogen and oxygen atoms in total. The molecule has 1 saturated carbocycles. The SMILES string of the molecule is CC(C)n1cnnc1-c1cccc(N2CCN(c3ccc(NC(C#N)C4CC4)cc3)C2=O)n1. The van der Waals surface area contributed by atoms with Crippen LogP contribution in [-0.2, 0) is 0 Å². The van der Waals surface area contributed by atoms with Crippen LogP contribution >= 0.6 is 0 Å². The Morgan fingerprint density at radius 1 is 1.09 bits per heavy atom. The summed E-state index contributed by atoms with van der Waals surface area (Å²) < 4.78 is 1.96. The summed E-state index contributed by atoms with van der Waals surface area (Å²) in [7, 11) is 0. The van der Waals surface area contributed by atoms with Crippen LogP contribution in [0.3, 0.4) is 0 Å². The number of hydrogen-bond acceptors (Lipinski definition) is 6. The summed E-state index contributed by atoms with van der Waals surface area (Å²) in [6.45, 7) is 5.24. The first-order valence-corrected chi connectivity index (χ1v) is 11.3. The van der Waals surface area contributed by atoms with E-state index >= 15 is 0 Å². The number of nitrogens with one attached hydrogen (secondary N) is 1. The van der Waals surface area contributed by atoms with Gasteiger partial charge in [0.2, 0.25) is 0 Å². The van der Waals surface area contributed by atoms with E-state index < -0.39 is 0 Å². The predicted octanol–water partition coefficient (Wildman–Crippen LogP) is 4.08. The van der Waals surface area contributed by atoms with Gasteiger partial charge in [-0.2, -0.15) is 5.26 Å². The van der Waals surface area contributed by atoms with Crippen molar-refractivity contribution in [3.8, 4) is 17.6 Å². The van der Waals surface area contributed by atoms with Gasteiger partial charge in [-0.3, -0.25) is 9.80 Å². The molecule has 2 amide bonds. The van der Waals surface area contributed by atoms with Gasteiger partial charge in [0, 0.05) is 30.5 Å². The normalized spacial score (nSPS) is 16.8. The number of carbonyl (C=O) groups is 1. The van der Waals surface area contributed by atoms with E-state index in [1.807, 2.05) is 47.0 Å². The Morgan fingerprint density at radius 3 is 2.55 bits per heavy atom. The number of carbonyl (C=O) groups excluding carboxylic acids is 1. The van der Waals surface area contributed by atoms with E-state index in [2.05, 4.69) is 35.4 Å². The third-order valence-electron chi connectivity index (χ3n) is 6.11. The number of nitriles is 1. The zero-order valence-electron chi connectivity index (χ0n) is 18.7. The van der Waals surface area contributed by atoms with Crippen molar-refractivity contribution in [1.82, 2.24) is 19.7 Å². The molecule has 1 saturated heterocycles. The van der Waals surface area contributed by atoms with Gasteiger partial charge in [0.15, 0.2) is 5.82 Å². The Labute approximate surface area is 192 Å². The van der Waals surface area contributed by atoms with Crippen LogP contribution < -0.4 is 15.1 Å². The van der Waals surface area contributed by atoms with Gasteiger partial charge in [0.1, 0.15) is 23.9 Å². The fourth-order valence-electron chi connectivity index (χ4n) is 4.09. The van der Waals surface area contributed by atoms with E-state index in [0.29, 0.717) is 36.3 Å². The molecule has 1 aromatic carbocycles. The number of hydrogen-bond donors (Lipinski definition) is 1. The molecule has 0 radical (unpaired) electrons. The zero-order valence-corrected chi connectivity index (χ0v) is 18.7. The van der Waals surface area contributed by atoms with Crippen molar-refractivity contribution in [1.29, 1.82) is 5.26 Å². The van der Waals surface area contributed by atoms with E-state index in [-0.39, 0.29) is 18.1 Å². The average Bonchev–Trinajstić information content (AvgIpc) is 3.41. The first-order chi connectivity index (χ1) is 16.0. The quantitative estimate of drug-likeness (QED) is 0.591. The number of anilines is 3. The summed E-state index contributed by atoms with van der Waals surface area (Å²) in [5.74, 6) is 1.72. The van der Waals surface area contributed by atoms with Crippen LogP contribution in [0, 0.1) is 17.2 Å². The molecule has 9 heteroatoms. The fourth-order valence-corrected chi connectivity index (χ4v) is 4.09. The Bertz CT molecular complexity index is 1190. The van der Waals surface area contributed by atoms with E-state index in [0.717, 1.165) is 24.2 Å². The summed E-state index contributed by atoms with van der Waals surface area (Å²) in [4.78, 5) is 21.4. The lowest BCUT2D eigenvalue weighted by molar-refractivity contribution is 0.255. The van der Waals surface area contributed by atoms with Gasteiger partial charge >= 0.3 is 6.03 Å². The van der Waals surface area contributed by atoms with Gasteiger partial charge in [-0.05, 0) is 69.0 Å². The molecule has 0 spiro atoms. The maximum atomic E-state index is 13.2. The molecule has 0 bridgehead atoms. The van der Waals surface area contributed by atoms with Crippen molar-refractivity contribution in [2.75, 3.05) is 28.2 Å². The molecule has 2 fully saturated rings. The monoisotopic (exact) mass is 442 g/mol. The molecule has 1 atom stereocenters. The third kappa shape index (κ3) is 4.12. The minimum Gasteiger partial charge on any atom is -0.370 e. The number of amides is 2. The molecule has 3 heterocycles. The smallest absolute Gasteiger partial charge is 0.330 e. The highest BCUT2D eigenvalue weighted by Crippen LogP contribution is 2.34. The number of benzene rings is 1. The standard InChI is InChI=1S/C24H26N8O/c1-16(2)32-15-26-29-23(32)20-4-3-5-22(28-20)31-13-12-30(24(31)33)19-10-8-18(9-11-19)27-21(14-25)17-6-7-17/h3-5,8-11,15-17,21,27H,6-7,12-13H2,1-2H3. The Morgan fingerprint density at radius 2 is 1.85 bits per heavy atom. The summed E-state index contributed by atoms with van der Waals surface area (Å²) in [6, 6.07) is 15.6. The first kappa shape index (κ1) is 20.9.